The number of hydrogen-bond donors (Lipinski definition) is 4. The molecule has 1 aliphatic rings. The Morgan fingerprint density at radius 2 is 1.65 bits per heavy atom. The first-order chi connectivity index (χ1) is 16.4. The number of nitrogens with one attached hydrogen (secondary N) is 4. The number of amides is 3. The van der Waals surface area contributed by atoms with E-state index in [-0.39, 0.29) is 30.8 Å². The van der Waals surface area contributed by atoms with Crippen LogP contribution in [0.25, 0.3) is 0 Å². The second kappa shape index (κ2) is 12.6. The van der Waals surface area contributed by atoms with Gasteiger partial charge in [0.25, 0.3) is 17.7 Å². The van der Waals surface area contributed by atoms with Crippen LogP contribution in [0.2, 0.25) is 0 Å². The molecule has 4 N–H and O–H groups in total. The maximum Gasteiger partial charge on any atom is 0.279 e. The van der Waals surface area contributed by atoms with Gasteiger partial charge in [0.2, 0.25) is 0 Å². The molecule has 8 nitrogen and oxygen atoms in total. The molecule has 0 bridgehead atoms. The van der Waals surface area contributed by atoms with Gasteiger partial charge in [-0.05, 0) is 49.7 Å². The van der Waals surface area contributed by atoms with E-state index < -0.39 is 0 Å². The fraction of sp³-hybridized carbons (Fsp3) is 0.480. The van der Waals surface area contributed by atoms with Crippen molar-refractivity contribution in [3.05, 3.63) is 51.7 Å². The molecule has 1 fully saturated rings. The highest BCUT2D eigenvalue weighted by Gasteiger charge is 2.35. The predicted octanol–water partition coefficient (Wildman–Crippen LogP) is 2.26. The number of likely N-dealkylation sites (tertiary alicyclic amines) is 1. The molecule has 34 heavy (non-hydrogen) atoms. The molecule has 0 aliphatic carbocycles. The number of piperidine rings is 1. The zero-order chi connectivity index (χ0) is 24.4. The lowest BCUT2D eigenvalue weighted by Crippen LogP contribution is -2.59. The summed E-state index contributed by atoms with van der Waals surface area (Å²) in [5.74, 6) is -0.399. The van der Waals surface area contributed by atoms with Gasteiger partial charge in [0.05, 0.1) is 18.8 Å². The Hall–Kier alpha value is -2.75. The SMILES string of the molecule is CNCCNC(=O)c1scc(C)c1NC(=O)C[N+]1(CC(=O)NCc2ccccc2)CCCCC1. The van der Waals surface area contributed by atoms with E-state index in [1.165, 1.54) is 11.3 Å². The quantitative estimate of drug-likeness (QED) is 0.289. The standard InChI is InChI=1S/C25H35N5O3S/c1-19-18-34-24(25(33)27-12-11-26-2)23(19)29-22(32)17-30(13-7-4-8-14-30)16-21(31)28-15-20-9-5-3-6-10-20/h3,5-6,9-10,18,26H,4,7-8,11-17H2,1-2H3,(H2-,27,28,29,31,32,33)/p+1. The van der Waals surface area contributed by atoms with Gasteiger partial charge in [0.15, 0.2) is 13.1 Å². The average molecular weight is 487 g/mol. The van der Waals surface area contributed by atoms with Crippen LogP contribution in [-0.2, 0) is 16.1 Å². The number of rotatable bonds is 11. The number of carbonyl (C=O) groups is 3. The number of aryl methyl sites for hydroxylation is 1. The van der Waals surface area contributed by atoms with Crippen molar-refractivity contribution in [3.8, 4) is 0 Å². The third-order valence-corrected chi connectivity index (χ3v) is 7.26. The molecule has 1 aromatic carbocycles. The lowest BCUT2D eigenvalue weighted by Gasteiger charge is -2.40. The smallest absolute Gasteiger partial charge is 0.279 e. The van der Waals surface area contributed by atoms with E-state index in [1.54, 1.807) is 0 Å². The van der Waals surface area contributed by atoms with Crippen LogP contribution in [0.15, 0.2) is 35.7 Å². The van der Waals surface area contributed by atoms with Crippen molar-refractivity contribution in [1.29, 1.82) is 0 Å². The number of carbonyl (C=O) groups excluding carboxylic acids is 3. The zero-order valence-corrected chi connectivity index (χ0v) is 20.9. The van der Waals surface area contributed by atoms with Crippen molar-refractivity contribution in [2.45, 2.75) is 32.7 Å². The first kappa shape index (κ1) is 25.9. The molecule has 0 atom stereocenters. The summed E-state index contributed by atoms with van der Waals surface area (Å²) in [4.78, 5) is 39.0. The molecule has 184 valence electrons. The molecular weight excluding hydrogens is 450 g/mol. The number of benzene rings is 1. The monoisotopic (exact) mass is 486 g/mol. The summed E-state index contributed by atoms with van der Waals surface area (Å²) in [6.45, 7) is 5.64. The number of nitrogens with zero attached hydrogens (tertiary/aromatic N) is 1. The molecule has 3 amide bonds. The summed E-state index contributed by atoms with van der Waals surface area (Å²) >= 11 is 1.33. The molecule has 0 unspecified atom stereocenters. The molecule has 0 radical (unpaired) electrons. The molecule has 9 heteroatoms. The minimum Gasteiger partial charge on any atom is -0.350 e. The van der Waals surface area contributed by atoms with Gasteiger partial charge in [-0.25, -0.2) is 0 Å². The lowest BCUT2D eigenvalue weighted by atomic mass is 10.1. The summed E-state index contributed by atoms with van der Waals surface area (Å²) in [7, 11) is 1.83. The minimum absolute atomic E-state index is 0.0464. The zero-order valence-electron chi connectivity index (χ0n) is 20.1. The molecule has 3 rings (SSSR count). The highest BCUT2D eigenvalue weighted by molar-refractivity contribution is 7.13. The Morgan fingerprint density at radius 3 is 2.35 bits per heavy atom. The van der Waals surface area contributed by atoms with Crippen LogP contribution in [0.3, 0.4) is 0 Å². The number of thiophene rings is 1. The Labute approximate surface area is 205 Å². The maximum atomic E-state index is 13.1. The Balaban J connectivity index is 1.63. The predicted molar refractivity (Wildman–Crippen MR) is 136 cm³/mol. The van der Waals surface area contributed by atoms with E-state index in [1.807, 2.05) is 49.7 Å². The van der Waals surface area contributed by atoms with Crippen LogP contribution >= 0.6 is 11.3 Å². The van der Waals surface area contributed by atoms with Gasteiger partial charge in [-0.3, -0.25) is 14.4 Å². The molecule has 2 heterocycles. The largest absolute Gasteiger partial charge is 0.350 e. The van der Waals surface area contributed by atoms with Gasteiger partial charge in [-0.2, -0.15) is 0 Å². The number of likely N-dealkylation sites (N-methyl/N-ethyl adjacent to an activating group) is 1. The van der Waals surface area contributed by atoms with Crippen LogP contribution in [0, 0.1) is 6.92 Å². The van der Waals surface area contributed by atoms with Crippen molar-refractivity contribution in [3.63, 3.8) is 0 Å². The minimum atomic E-state index is -0.189. The van der Waals surface area contributed by atoms with Gasteiger partial charge in [0.1, 0.15) is 4.88 Å². The van der Waals surface area contributed by atoms with Crippen LogP contribution in [0.1, 0.15) is 40.1 Å². The lowest BCUT2D eigenvalue weighted by molar-refractivity contribution is -0.917. The summed E-state index contributed by atoms with van der Waals surface area (Å²) < 4.78 is 0.444. The van der Waals surface area contributed by atoms with Crippen molar-refractivity contribution in [2.24, 2.45) is 0 Å². The second-order valence-electron chi connectivity index (χ2n) is 8.96. The first-order valence-electron chi connectivity index (χ1n) is 11.9. The summed E-state index contributed by atoms with van der Waals surface area (Å²) in [5.41, 5.74) is 2.48. The summed E-state index contributed by atoms with van der Waals surface area (Å²) in [6, 6.07) is 9.81. The number of hydrogen-bond acceptors (Lipinski definition) is 5. The van der Waals surface area contributed by atoms with Crippen molar-refractivity contribution >= 4 is 34.7 Å². The van der Waals surface area contributed by atoms with E-state index in [2.05, 4.69) is 21.3 Å². The van der Waals surface area contributed by atoms with Crippen molar-refractivity contribution in [2.75, 3.05) is 51.6 Å². The van der Waals surface area contributed by atoms with E-state index in [4.69, 9.17) is 0 Å². The number of anilines is 1. The van der Waals surface area contributed by atoms with Gasteiger partial charge in [0, 0.05) is 19.6 Å². The average Bonchev–Trinajstić information content (AvgIpc) is 3.18. The molecule has 2 aromatic rings. The molecule has 1 saturated heterocycles. The normalized spacial score (nSPS) is 14.9. The van der Waals surface area contributed by atoms with Crippen LogP contribution in [-0.4, -0.2) is 68.5 Å². The second-order valence-corrected chi connectivity index (χ2v) is 9.84. The van der Waals surface area contributed by atoms with E-state index in [0.717, 1.165) is 43.5 Å². The van der Waals surface area contributed by atoms with Gasteiger partial charge in [-0.1, -0.05) is 30.3 Å². The third kappa shape index (κ3) is 7.38. The Morgan fingerprint density at radius 1 is 0.941 bits per heavy atom. The van der Waals surface area contributed by atoms with Crippen LogP contribution < -0.4 is 21.3 Å². The fourth-order valence-electron chi connectivity index (χ4n) is 4.34. The first-order valence-corrected chi connectivity index (χ1v) is 12.8. The summed E-state index contributed by atoms with van der Waals surface area (Å²) in [5, 5.41) is 13.7. The molecule has 1 aliphatic heterocycles. The molecular formula is C25H36N5O3S+. The number of quaternary nitrogens is 1. The summed E-state index contributed by atoms with van der Waals surface area (Å²) in [6.07, 6.45) is 3.11. The van der Waals surface area contributed by atoms with Crippen LogP contribution in [0.5, 0.6) is 0 Å². The van der Waals surface area contributed by atoms with E-state index in [0.29, 0.717) is 34.7 Å². The molecule has 1 aromatic heterocycles. The molecule has 0 spiro atoms. The van der Waals surface area contributed by atoms with Gasteiger partial charge in [-0.15, -0.1) is 11.3 Å². The van der Waals surface area contributed by atoms with E-state index >= 15 is 0 Å². The van der Waals surface area contributed by atoms with Gasteiger partial charge < -0.3 is 25.8 Å². The topological polar surface area (TPSA) is 99.3 Å². The Bertz CT molecular complexity index is 970. The van der Waals surface area contributed by atoms with Gasteiger partial charge >= 0.3 is 0 Å². The van der Waals surface area contributed by atoms with E-state index in [9.17, 15) is 14.4 Å². The fourth-order valence-corrected chi connectivity index (χ4v) is 5.27. The Kier molecular flexibility index (Phi) is 9.62. The highest BCUT2D eigenvalue weighted by atomic mass is 32.1. The molecule has 0 saturated carbocycles. The van der Waals surface area contributed by atoms with Crippen molar-refractivity contribution < 1.29 is 18.9 Å². The van der Waals surface area contributed by atoms with Crippen LogP contribution in [0.4, 0.5) is 5.69 Å². The highest BCUT2D eigenvalue weighted by Crippen LogP contribution is 2.28. The maximum absolute atomic E-state index is 13.1. The van der Waals surface area contributed by atoms with Crippen molar-refractivity contribution in [1.82, 2.24) is 16.0 Å². The third-order valence-electron chi connectivity index (χ3n) is 6.16.